The molecular formula is C27H23F3N8O2. The first-order chi connectivity index (χ1) is 19.2. The highest BCUT2D eigenvalue weighted by molar-refractivity contribution is 6.04. The summed E-state index contributed by atoms with van der Waals surface area (Å²) in [5.41, 5.74) is 7.14. The van der Waals surface area contributed by atoms with Crippen molar-refractivity contribution >= 4 is 34.5 Å². The predicted octanol–water partition coefficient (Wildman–Crippen LogP) is 3.93. The van der Waals surface area contributed by atoms with Crippen LogP contribution in [0.25, 0.3) is 22.3 Å². The van der Waals surface area contributed by atoms with Crippen LogP contribution in [0.4, 0.5) is 24.8 Å². The number of aromatic nitrogens is 5. The Morgan fingerprint density at radius 3 is 2.62 bits per heavy atom. The summed E-state index contributed by atoms with van der Waals surface area (Å²) in [6, 6.07) is 7.78. The number of nitrogens with two attached hydrogens (primary N) is 1. The van der Waals surface area contributed by atoms with E-state index in [-0.39, 0.29) is 29.1 Å². The van der Waals surface area contributed by atoms with Gasteiger partial charge in [-0.3, -0.25) is 9.59 Å². The first-order valence-corrected chi connectivity index (χ1v) is 12.3. The van der Waals surface area contributed by atoms with Crippen molar-refractivity contribution < 1.29 is 22.8 Å². The molecule has 0 aliphatic carbocycles. The van der Waals surface area contributed by atoms with Crippen LogP contribution < -0.4 is 11.1 Å². The first-order valence-electron chi connectivity index (χ1n) is 12.3. The second-order valence-electron chi connectivity index (χ2n) is 9.13. The number of alkyl halides is 3. The zero-order chi connectivity index (χ0) is 28.4. The number of amides is 2. The lowest BCUT2D eigenvalue weighted by Crippen LogP contribution is -2.40. The molecule has 40 heavy (non-hydrogen) atoms. The lowest BCUT2D eigenvalue weighted by atomic mass is 10.1. The third kappa shape index (κ3) is 5.28. The summed E-state index contributed by atoms with van der Waals surface area (Å²) >= 11 is 0. The number of anilines is 2. The topological polar surface area (TPSA) is 132 Å². The molecule has 0 bridgehead atoms. The molecule has 0 spiro atoms. The van der Waals surface area contributed by atoms with Crippen LogP contribution in [0.3, 0.4) is 0 Å². The zero-order valence-corrected chi connectivity index (χ0v) is 21.2. The summed E-state index contributed by atoms with van der Waals surface area (Å²) in [6.07, 6.45) is -0.691. The Hall–Kier alpha value is -4.99. The van der Waals surface area contributed by atoms with Gasteiger partial charge in [-0.1, -0.05) is 18.1 Å². The van der Waals surface area contributed by atoms with E-state index in [1.165, 1.54) is 18.5 Å². The van der Waals surface area contributed by atoms with E-state index in [1.807, 2.05) is 0 Å². The molecule has 2 amide bonds. The zero-order valence-electron chi connectivity index (χ0n) is 21.2. The second kappa shape index (κ2) is 10.6. The molecule has 1 fully saturated rings. The molecule has 1 saturated heterocycles. The van der Waals surface area contributed by atoms with Gasteiger partial charge in [-0.05, 0) is 50.0 Å². The van der Waals surface area contributed by atoms with Crippen molar-refractivity contribution in [2.24, 2.45) is 0 Å². The number of hydrogen-bond acceptors (Lipinski definition) is 7. The summed E-state index contributed by atoms with van der Waals surface area (Å²) in [5.74, 6) is 4.35. The third-order valence-corrected chi connectivity index (χ3v) is 6.53. The minimum atomic E-state index is -4.56. The molecule has 1 unspecified atom stereocenters. The monoisotopic (exact) mass is 548 g/mol. The largest absolute Gasteiger partial charge is 0.416 e. The number of piperidine rings is 1. The van der Waals surface area contributed by atoms with Gasteiger partial charge in [0, 0.05) is 30.4 Å². The number of rotatable bonds is 4. The SMILES string of the molecule is CC#CC(=O)N1CCCC(n2nc(-c3ccc(C(=O)Nc4cc(C(F)(F)F)ccn4)cc3)c3c(N)ncnc32)C1. The smallest absolute Gasteiger partial charge is 0.383 e. The molecule has 3 N–H and O–H groups in total. The fourth-order valence-corrected chi connectivity index (χ4v) is 4.62. The highest BCUT2D eigenvalue weighted by Crippen LogP contribution is 2.34. The molecule has 0 radical (unpaired) electrons. The maximum atomic E-state index is 13.0. The van der Waals surface area contributed by atoms with Gasteiger partial charge in [-0.2, -0.15) is 18.3 Å². The molecule has 1 aliphatic rings. The van der Waals surface area contributed by atoms with E-state index in [2.05, 4.69) is 32.1 Å². The van der Waals surface area contributed by atoms with Crippen LogP contribution in [0.2, 0.25) is 0 Å². The molecule has 1 aliphatic heterocycles. The first kappa shape index (κ1) is 26.6. The van der Waals surface area contributed by atoms with Crippen LogP contribution in [0, 0.1) is 11.8 Å². The molecule has 1 aromatic carbocycles. The Morgan fingerprint density at radius 1 is 1.12 bits per heavy atom. The van der Waals surface area contributed by atoms with Gasteiger partial charge in [0.1, 0.15) is 23.7 Å². The van der Waals surface area contributed by atoms with E-state index in [4.69, 9.17) is 10.8 Å². The van der Waals surface area contributed by atoms with E-state index in [0.717, 1.165) is 31.2 Å². The Morgan fingerprint density at radius 2 is 1.90 bits per heavy atom. The highest BCUT2D eigenvalue weighted by atomic mass is 19.4. The minimum absolute atomic E-state index is 0.160. The van der Waals surface area contributed by atoms with Crippen LogP contribution in [-0.4, -0.2) is 54.5 Å². The van der Waals surface area contributed by atoms with Gasteiger partial charge in [0.05, 0.1) is 17.0 Å². The quantitative estimate of drug-likeness (QED) is 0.370. The lowest BCUT2D eigenvalue weighted by Gasteiger charge is -2.31. The molecular weight excluding hydrogens is 525 g/mol. The predicted molar refractivity (Wildman–Crippen MR) is 141 cm³/mol. The van der Waals surface area contributed by atoms with Gasteiger partial charge in [-0.15, -0.1) is 0 Å². The number of benzene rings is 1. The van der Waals surface area contributed by atoms with Gasteiger partial charge < -0.3 is 16.0 Å². The number of halogens is 3. The van der Waals surface area contributed by atoms with E-state index in [0.29, 0.717) is 35.4 Å². The average Bonchev–Trinajstić information content (AvgIpc) is 3.34. The van der Waals surface area contributed by atoms with E-state index < -0.39 is 17.6 Å². The average molecular weight is 549 g/mol. The minimum Gasteiger partial charge on any atom is -0.383 e. The Balaban J connectivity index is 1.43. The number of carbonyl (C=O) groups excluding carboxylic acids is 2. The summed E-state index contributed by atoms with van der Waals surface area (Å²) in [6.45, 7) is 2.63. The van der Waals surface area contributed by atoms with Crippen molar-refractivity contribution in [2.45, 2.75) is 32.0 Å². The van der Waals surface area contributed by atoms with Gasteiger partial charge >= 0.3 is 6.18 Å². The lowest BCUT2D eigenvalue weighted by molar-refractivity contribution is -0.137. The summed E-state index contributed by atoms with van der Waals surface area (Å²) in [4.78, 5) is 39.1. The second-order valence-corrected chi connectivity index (χ2v) is 9.13. The highest BCUT2D eigenvalue weighted by Gasteiger charge is 2.31. The van der Waals surface area contributed by atoms with Gasteiger partial charge in [0.15, 0.2) is 5.65 Å². The molecule has 13 heteroatoms. The number of nitrogens with zero attached hydrogens (tertiary/aromatic N) is 6. The number of fused-ring (bicyclic) bond motifs is 1. The molecule has 1 atom stereocenters. The molecule has 4 aromatic rings. The molecule has 5 rings (SSSR count). The molecule has 4 heterocycles. The van der Waals surface area contributed by atoms with Gasteiger partial charge in [-0.25, -0.2) is 19.6 Å². The van der Waals surface area contributed by atoms with E-state index >= 15 is 0 Å². The Labute approximate surface area is 226 Å². The van der Waals surface area contributed by atoms with Crippen molar-refractivity contribution in [1.82, 2.24) is 29.6 Å². The molecule has 0 saturated carbocycles. The normalized spacial score (nSPS) is 15.4. The third-order valence-electron chi connectivity index (χ3n) is 6.53. The van der Waals surface area contributed by atoms with Crippen LogP contribution in [-0.2, 0) is 11.0 Å². The number of nitrogen functional groups attached to an aromatic ring is 1. The molecule has 3 aromatic heterocycles. The van der Waals surface area contributed by atoms with E-state index in [1.54, 1.807) is 28.6 Å². The molecule has 204 valence electrons. The summed E-state index contributed by atoms with van der Waals surface area (Å²) in [5, 5.41) is 7.72. The number of pyridine rings is 1. The Bertz CT molecular complexity index is 1650. The summed E-state index contributed by atoms with van der Waals surface area (Å²) in [7, 11) is 0. The van der Waals surface area contributed by atoms with Crippen LogP contribution in [0.1, 0.15) is 41.7 Å². The van der Waals surface area contributed by atoms with Crippen LogP contribution in [0.5, 0.6) is 0 Å². The fourth-order valence-electron chi connectivity index (χ4n) is 4.62. The molecule has 10 nitrogen and oxygen atoms in total. The standard InChI is InChI=1S/C27H23F3N8O2/c1-2-4-21(39)37-12-3-5-19(14-37)38-25-22(24(31)33-15-34-25)23(36-38)16-6-8-17(9-7-16)26(40)35-20-13-18(10-11-32-20)27(28,29)30/h6-11,13,15,19H,3,5,12,14H2,1H3,(H2,31,33,34)(H,32,35,40). The van der Waals surface area contributed by atoms with Crippen molar-refractivity contribution in [3.63, 3.8) is 0 Å². The Kier molecular flexibility index (Phi) is 7.08. The van der Waals surface area contributed by atoms with Crippen molar-refractivity contribution in [3.8, 4) is 23.1 Å². The van der Waals surface area contributed by atoms with E-state index in [9.17, 15) is 22.8 Å². The van der Waals surface area contributed by atoms with Crippen molar-refractivity contribution in [2.75, 3.05) is 24.1 Å². The van der Waals surface area contributed by atoms with Crippen molar-refractivity contribution in [3.05, 3.63) is 60.0 Å². The maximum absolute atomic E-state index is 13.0. The van der Waals surface area contributed by atoms with Gasteiger partial charge in [0.2, 0.25) is 0 Å². The number of nitrogens with one attached hydrogen (secondary N) is 1. The number of hydrogen-bond donors (Lipinski definition) is 2. The summed E-state index contributed by atoms with van der Waals surface area (Å²) < 4.78 is 40.7. The van der Waals surface area contributed by atoms with Gasteiger partial charge in [0.25, 0.3) is 11.8 Å². The van der Waals surface area contributed by atoms with Crippen molar-refractivity contribution in [1.29, 1.82) is 0 Å². The van der Waals surface area contributed by atoms with Crippen LogP contribution >= 0.6 is 0 Å². The maximum Gasteiger partial charge on any atom is 0.416 e. The fraction of sp³-hybridized carbons (Fsp3) is 0.259. The number of likely N-dealkylation sites (tertiary alicyclic amines) is 1. The van der Waals surface area contributed by atoms with Crippen LogP contribution in [0.15, 0.2) is 48.9 Å². The number of carbonyl (C=O) groups is 2.